The van der Waals surface area contributed by atoms with Gasteiger partial charge in [-0.05, 0) is 0 Å². The van der Waals surface area contributed by atoms with Crippen molar-refractivity contribution in [1.29, 1.82) is 0 Å². The van der Waals surface area contributed by atoms with Crippen LogP contribution in [0.15, 0.2) is 9.98 Å². The predicted octanol–water partition coefficient (Wildman–Crippen LogP) is 2.52. The minimum absolute atomic E-state index is 0.00585. The van der Waals surface area contributed by atoms with Crippen LogP contribution >= 0.6 is 70.6 Å². The van der Waals surface area contributed by atoms with Crippen LogP contribution in [0, 0.1) is 0 Å². The largest absolute Gasteiger partial charge is 0.447 e. The molecule has 0 saturated carbocycles. The molecule has 0 aromatic rings. The van der Waals surface area contributed by atoms with Crippen molar-refractivity contribution in [2.24, 2.45) is 9.98 Å². The molecule has 2 amide bonds. The summed E-state index contributed by atoms with van der Waals surface area (Å²) in [5, 5.41) is 22.3. The van der Waals surface area contributed by atoms with Gasteiger partial charge in [0.25, 0.3) is 0 Å². The maximum absolute atomic E-state index is 11.6. The van der Waals surface area contributed by atoms with Gasteiger partial charge in [0.15, 0.2) is 0 Å². The molecule has 0 spiro atoms. The molecule has 20 heteroatoms. The Hall–Kier alpha value is -0.580. The number of thioether (sulfide) groups is 6. The van der Waals surface area contributed by atoms with Gasteiger partial charge >= 0.3 is 12.2 Å². The summed E-state index contributed by atoms with van der Waals surface area (Å²) in [5.74, 6) is 7.72. The number of rotatable bonds is 29. The number of hydrogen-bond donors (Lipinski definition) is 4. The van der Waals surface area contributed by atoms with Crippen LogP contribution in [0.4, 0.5) is 9.59 Å². The number of alkyl carbamates (subject to hydrolysis) is 2. The Labute approximate surface area is 260 Å². The zero-order valence-electron chi connectivity index (χ0n) is 22.0. The average molecular weight is 687 g/mol. The van der Waals surface area contributed by atoms with Crippen molar-refractivity contribution in [3.8, 4) is 0 Å². The first-order chi connectivity index (χ1) is 19.7. The Morgan fingerprint density at radius 3 is 1.73 bits per heavy atom. The topological polar surface area (TPSA) is 179 Å². The number of aliphatic hydroxyl groups is 2. The van der Waals surface area contributed by atoms with Crippen molar-refractivity contribution in [2.45, 2.75) is 0 Å². The Balaban J connectivity index is 3.26. The third-order valence-corrected chi connectivity index (χ3v) is 9.00. The summed E-state index contributed by atoms with van der Waals surface area (Å²) >= 11 is 9.44. The Kier molecular flexibility index (Phi) is 34.1. The van der Waals surface area contributed by atoms with Crippen molar-refractivity contribution >= 4 is 95.6 Å². The molecule has 0 bridgehead atoms. The number of hydrogen-bond acceptors (Lipinski definition) is 18. The van der Waals surface area contributed by atoms with Crippen LogP contribution < -0.4 is 10.6 Å². The summed E-state index contributed by atoms with van der Waals surface area (Å²) < 4.78 is 9.77. The van der Waals surface area contributed by atoms with E-state index < -0.39 is 12.2 Å². The molecule has 0 fully saturated rings. The second-order valence-corrected chi connectivity index (χ2v) is 12.8. The van der Waals surface area contributed by atoms with E-state index in [1.165, 1.54) is 24.6 Å². The molecule has 0 atom stereocenters. The second-order valence-electron chi connectivity index (χ2n) is 6.31. The molecular weight excluding hydrogens is 649 g/mol. The highest BCUT2D eigenvalue weighted by atomic mass is 32.2. The summed E-state index contributed by atoms with van der Waals surface area (Å²) in [6, 6.07) is 0. The van der Waals surface area contributed by atoms with Gasteiger partial charge in [-0.1, -0.05) is 0 Å². The SMILES string of the molecule is O=C(NCSCCSC/N=C/OOCSCCSCOC(=O)NCSCCSC/N=C/OOCCO)OCCO. The van der Waals surface area contributed by atoms with Gasteiger partial charge in [0, 0.05) is 34.5 Å². The Morgan fingerprint density at radius 2 is 1.12 bits per heavy atom. The molecule has 0 unspecified atom stereocenters. The van der Waals surface area contributed by atoms with Gasteiger partial charge in [-0.2, -0.15) is 9.78 Å². The van der Waals surface area contributed by atoms with E-state index >= 15 is 0 Å². The summed E-state index contributed by atoms with van der Waals surface area (Å²) in [6.45, 7) is -0.197. The quantitative estimate of drug-likeness (QED) is 0.0225. The smallest absolute Gasteiger partial charge is 0.408 e. The first kappa shape index (κ1) is 39.4. The maximum atomic E-state index is 11.6. The molecule has 0 radical (unpaired) electrons. The lowest BCUT2D eigenvalue weighted by Crippen LogP contribution is -2.25. The molecule has 0 rings (SSSR count). The van der Waals surface area contributed by atoms with Crippen molar-refractivity contribution in [1.82, 2.24) is 10.6 Å². The van der Waals surface area contributed by atoms with Gasteiger partial charge in [0.05, 0.1) is 36.7 Å². The number of nitrogens with one attached hydrogen (secondary N) is 2. The van der Waals surface area contributed by atoms with E-state index in [0.29, 0.717) is 29.4 Å². The van der Waals surface area contributed by atoms with Crippen molar-refractivity contribution < 1.29 is 48.8 Å². The molecule has 0 heterocycles. The number of aliphatic hydroxyl groups excluding tert-OH is 2. The van der Waals surface area contributed by atoms with E-state index in [1.54, 1.807) is 58.8 Å². The van der Waals surface area contributed by atoms with Crippen molar-refractivity contribution in [3.63, 3.8) is 0 Å². The molecule has 0 saturated heterocycles. The molecule has 0 aliphatic rings. The van der Waals surface area contributed by atoms with Crippen LogP contribution in [0.5, 0.6) is 0 Å². The Morgan fingerprint density at radius 1 is 0.625 bits per heavy atom. The number of amides is 2. The third kappa shape index (κ3) is 33.6. The highest BCUT2D eigenvalue weighted by molar-refractivity contribution is 8.03. The molecule has 14 nitrogen and oxygen atoms in total. The molecule has 0 aromatic heterocycles. The minimum atomic E-state index is -0.533. The fourth-order valence-corrected chi connectivity index (χ4v) is 6.43. The van der Waals surface area contributed by atoms with E-state index in [9.17, 15) is 9.59 Å². The zero-order chi connectivity index (χ0) is 29.2. The average Bonchev–Trinajstić information content (AvgIpc) is 2.96. The van der Waals surface area contributed by atoms with Gasteiger partial charge < -0.3 is 40.1 Å². The normalized spacial score (nSPS) is 11.2. The van der Waals surface area contributed by atoms with Crippen LogP contribution in [0.25, 0.3) is 0 Å². The van der Waals surface area contributed by atoms with Crippen LogP contribution in [-0.4, -0.2) is 132 Å². The third-order valence-electron chi connectivity index (χ3n) is 3.36. The maximum Gasteiger partial charge on any atom is 0.408 e. The molecule has 4 N–H and O–H groups in total. The van der Waals surface area contributed by atoms with Gasteiger partial charge in [-0.25, -0.2) is 19.6 Å². The van der Waals surface area contributed by atoms with Crippen molar-refractivity contribution in [2.75, 3.05) is 96.3 Å². The van der Waals surface area contributed by atoms with Gasteiger partial charge in [0.2, 0.25) is 12.8 Å². The van der Waals surface area contributed by atoms with E-state index in [2.05, 4.69) is 35.1 Å². The monoisotopic (exact) mass is 686 g/mol. The number of aliphatic imine (C=N–C) groups is 2. The highest BCUT2D eigenvalue weighted by Gasteiger charge is 2.02. The lowest BCUT2D eigenvalue weighted by atomic mass is 10.8. The van der Waals surface area contributed by atoms with E-state index in [-0.39, 0.29) is 32.4 Å². The number of nitrogens with zero attached hydrogens (tertiary/aromatic N) is 2. The fraction of sp³-hybridized carbons (Fsp3) is 0.800. The predicted molar refractivity (Wildman–Crippen MR) is 168 cm³/mol. The van der Waals surface area contributed by atoms with Gasteiger partial charge in [-0.15, -0.1) is 70.6 Å². The Bertz CT molecular complexity index is 647. The first-order valence-corrected chi connectivity index (χ1v) is 18.7. The highest BCUT2D eigenvalue weighted by Crippen LogP contribution is 2.09. The molecule has 40 heavy (non-hydrogen) atoms. The van der Waals surface area contributed by atoms with Crippen LogP contribution in [0.2, 0.25) is 0 Å². The number of carbonyl (C=O) groups excluding carboxylic acids is 2. The molecule has 0 aliphatic heterocycles. The minimum Gasteiger partial charge on any atom is -0.447 e. The lowest BCUT2D eigenvalue weighted by molar-refractivity contribution is -0.221. The van der Waals surface area contributed by atoms with Crippen molar-refractivity contribution in [3.05, 3.63) is 0 Å². The zero-order valence-corrected chi connectivity index (χ0v) is 26.9. The lowest BCUT2D eigenvalue weighted by Gasteiger charge is -2.06. The van der Waals surface area contributed by atoms with Crippen LogP contribution in [-0.2, 0) is 29.0 Å². The first-order valence-electron chi connectivity index (χ1n) is 11.7. The van der Waals surface area contributed by atoms with E-state index in [0.717, 1.165) is 34.5 Å². The fourth-order valence-electron chi connectivity index (χ4n) is 1.74. The van der Waals surface area contributed by atoms with Crippen LogP contribution in [0.3, 0.4) is 0 Å². The van der Waals surface area contributed by atoms with Crippen LogP contribution in [0.1, 0.15) is 0 Å². The summed E-state index contributed by atoms with van der Waals surface area (Å²) in [6.07, 6.45) is 1.49. The number of ether oxygens (including phenoxy) is 2. The summed E-state index contributed by atoms with van der Waals surface area (Å²) in [5.41, 5.74) is 0. The standard InChI is InChI=1S/C20H38N4O10S6/c25-1-3-29-19(27)23-15-37-7-5-36-14-22-12-33-34-18-40-10-9-39-17-30-20(28)24-16-38-8-6-35-13-21-11-32-31-4-2-26/h11-12,25-26H,1-10,13-18H2,(H,23,27)(H,24,28)/b21-11+,22-12+. The van der Waals surface area contributed by atoms with Gasteiger partial charge in [-0.3, -0.25) is 0 Å². The number of carbonyl (C=O) groups is 2. The molecule has 234 valence electrons. The summed E-state index contributed by atoms with van der Waals surface area (Å²) in [7, 11) is 0. The molecule has 0 aromatic carbocycles. The van der Waals surface area contributed by atoms with Gasteiger partial charge in [0.1, 0.15) is 25.1 Å². The van der Waals surface area contributed by atoms with E-state index in [4.69, 9.17) is 24.7 Å². The summed E-state index contributed by atoms with van der Waals surface area (Å²) in [4.78, 5) is 49.8. The van der Waals surface area contributed by atoms with E-state index in [1.807, 2.05) is 0 Å². The molecular formula is C20H38N4O10S6. The molecule has 0 aliphatic carbocycles. The second kappa shape index (κ2) is 34.6.